The molecule has 1 unspecified atom stereocenters. The lowest BCUT2D eigenvalue weighted by molar-refractivity contribution is -0.130. The van der Waals surface area contributed by atoms with Gasteiger partial charge in [0.25, 0.3) is 5.91 Å². The summed E-state index contributed by atoms with van der Waals surface area (Å²) in [6.07, 6.45) is 0.963. The first-order valence-electron chi connectivity index (χ1n) is 8.34. The van der Waals surface area contributed by atoms with E-state index in [1.807, 2.05) is 51.1 Å². The van der Waals surface area contributed by atoms with Gasteiger partial charge in [-0.1, -0.05) is 44.2 Å². The highest BCUT2D eigenvalue weighted by molar-refractivity contribution is 5.89. The highest BCUT2D eigenvalue weighted by Gasteiger charge is 2.38. The average molecular weight is 316 g/mol. The summed E-state index contributed by atoms with van der Waals surface area (Å²) < 4.78 is 5.92. The Labute approximate surface area is 139 Å². The van der Waals surface area contributed by atoms with E-state index < -0.39 is 6.10 Å². The summed E-state index contributed by atoms with van der Waals surface area (Å²) >= 11 is 0. The molecule has 1 aromatic rings. The van der Waals surface area contributed by atoms with Crippen LogP contribution in [0, 0.1) is 5.92 Å². The number of carbonyl (C=O) groups excluding carboxylic acids is 1. The van der Waals surface area contributed by atoms with Crippen LogP contribution in [-0.4, -0.2) is 29.5 Å². The number of rotatable bonds is 5. The summed E-state index contributed by atoms with van der Waals surface area (Å²) in [4.78, 5) is 17.2. The molecule has 1 amide bonds. The van der Waals surface area contributed by atoms with Crippen LogP contribution < -0.4 is 5.32 Å². The molecule has 0 saturated heterocycles. The van der Waals surface area contributed by atoms with Crippen molar-refractivity contribution < 1.29 is 9.53 Å². The maximum Gasteiger partial charge on any atom is 0.263 e. The highest BCUT2D eigenvalue weighted by Crippen LogP contribution is 2.23. The first-order chi connectivity index (χ1) is 10.7. The maximum atomic E-state index is 12.5. The van der Waals surface area contributed by atoms with Gasteiger partial charge in [0, 0.05) is 12.0 Å². The lowest BCUT2D eigenvalue weighted by Gasteiger charge is -2.25. The first kappa shape index (κ1) is 17.5. The summed E-state index contributed by atoms with van der Waals surface area (Å²) in [5.74, 6) is 1.05. The fourth-order valence-corrected chi connectivity index (χ4v) is 2.69. The minimum Gasteiger partial charge on any atom is -0.465 e. The summed E-state index contributed by atoms with van der Waals surface area (Å²) in [6, 6.07) is 9.98. The SMILES string of the molecule is CC(C)C[C@H]1N=C(Cc2ccccc2)OC1C(=O)NC(C)(C)C. The van der Waals surface area contributed by atoms with E-state index in [0.29, 0.717) is 18.2 Å². The summed E-state index contributed by atoms with van der Waals surface area (Å²) in [5.41, 5.74) is 0.872. The van der Waals surface area contributed by atoms with Crippen LogP contribution in [0.3, 0.4) is 0 Å². The summed E-state index contributed by atoms with van der Waals surface area (Å²) in [6.45, 7) is 10.2. The molecule has 1 aliphatic heterocycles. The van der Waals surface area contributed by atoms with Crippen LogP contribution in [0.15, 0.2) is 35.3 Å². The van der Waals surface area contributed by atoms with Crippen molar-refractivity contribution in [2.45, 2.75) is 65.1 Å². The van der Waals surface area contributed by atoms with Crippen LogP contribution >= 0.6 is 0 Å². The first-order valence-corrected chi connectivity index (χ1v) is 8.34. The molecule has 126 valence electrons. The van der Waals surface area contributed by atoms with Crippen molar-refractivity contribution in [2.24, 2.45) is 10.9 Å². The van der Waals surface area contributed by atoms with E-state index in [1.165, 1.54) is 0 Å². The number of ether oxygens (including phenoxy) is 1. The number of carbonyl (C=O) groups is 1. The van der Waals surface area contributed by atoms with Gasteiger partial charge >= 0.3 is 0 Å². The Balaban J connectivity index is 2.09. The molecule has 0 aromatic heterocycles. The van der Waals surface area contributed by atoms with E-state index in [2.05, 4.69) is 24.2 Å². The quantitative estimate of drug-likeness (QED) is 0.905. The van der Waals surface area contributed by atoms with Crippen LogP contribution in [0.4, 0.5) is 0 Å². The van der Waals surface area contributed by atoms with Gasteiger partial charge < -0.3 is 10.1 Å². The van der Waals surface area contributed by atoms with Gasteiger partial charge in [-0.3, -0.25) is 4.79 Å². The third-order valence-corrected chi connectivity index (χ3v) is 3.59. The van der Waals surface area contributed by atoms with Crippen LogP contribution in [-0.2, 0) is 16.0 Å². The third-order valence-electron chi connectivity index (χ3n) is 3.59. The molecular formula is C19H28N2O2. The Kier molecular flexibility index (Phi) is 5.45. The lowest BCUT2D eigenvalue weighted by Crippen LogP contribution is -2.49. The molecule has 0 saturated carbocycles. The Hall–Kier alpha value is -1.84. The van der Waals surface area contributed by atoms with Gasteiger partial charge in [-0.25, -0.2) is 4.99 Å². The fourth-order valence-electron chi connectivity index (χ4n) is 2.69. The molecule has 1 heterocycles. The summed E-state index contributed by atoms with van der Waals surface area (Å²) in [7, 11) is 0. The van der Waals surface area contributed by atoms with Gasteiger partial charge in [0.05, 0.1) is 6.04 Å². The Morgan fingerprint density at radius 1 is 1.26 bits per heavy atom. The van der Waals surface area contributed by atoms with Gasteiger partial charge in [-0.05, 0) is 38.7 Å². The average Bonchev–Trinajstić information content (AvgIpc) is 2.80. The second-order valence-corrected chi connectivity index (χ2v) is 7.66. The maximum absolute atomic E-state index is 12.5. The van der Waals surface area contributed by atoms with Crippen LogP contribution in [0.25, 0.3) is 0 Å². The zero-order chi connectivity index (χ0) is 17.0. The number of hydrogen-bond acceptors (Lipinski definition) is 3. The topological polar surface area (TPSA) is 50.7 Å². The van der Waals surface area contributed by atoms with E-state index in [-0.39, 0.29) is 17.5 Å². The second kappa shape index (κ2) is 7.16. The van der Waals surface area contributed by atoms with Crippen molar-refractivity contribution in [1.82, 2.24) is 5.32 Å². The highest BCUT2D eigenvalue weighted by atomic mass is 16.5. The fraction of sp³-hybridized carbons (Fsp3) is 0.579. The molecule has 1 aliphatic rings. The molecule has 23 heavy (non-hydrogen) atoms. The second-order valence-electron chi connectivity index (χ2n) is 7.66. The third kappa shape index (κ3) is 5.38. The van der Waals surface area contributed by atoms with Crippen molar-refractivity contribution in [3.63, 3.8) is 0 Å². The van der Waals surface area contributed by atoms with Crippen LogP contribution in [0.1, 0.15) is 46.6 Å². The number of nitrogens with zero attached hydrogens (tertiary/aromatic N) is 1. The molecule has 1 N–H and O–H groups in total. The predicted molar refractivity (Wildman–Crippen MR) is 93.6 cm³/mol. The van der Waals surface area contributed by atoms with E-state index in [0.717, 1.165) is 12.0 Å². The molecule has 0 fully saturated rings. The van der Waals surface area contributed by atoms with Gasteiger partial charge in [0.1, 0.15) is 0 Å². The van der Waals surface area contributed by atoms with Crippen molar-refractivity contribution in [3.05, 3.63) is 35.9 Å². The van der Waals surface area contributed by atoms with Gasteiger partial charge in [0.2, 0.25) is 6.10 Å². The molecule has 2 atom stereocenters. The predicted octanol–water partition coefficient (Wildman–Crippen LogP) is 3.36. The monoisotopic (exact) mass is 316 g/mol. The number of amides is 1. The van der Waals surface area contributed by atoms with Crippen molar-refractivity contribution in [1.29, 1.82) is 0 Å². The Morgan fingerprint density at radius 3 is 2.48 bits per heavy atom. The number of aliphatic imine (C=N–C) groups is 1. The van der Waals surface area contributed by atoms with Gasteiger partial charge in [-0.2, -0.15) is 0 Å². The van der Waals surface area contributed by atoms with Gasteiger partial charge in [-0.15, -0.1) is 0 Å². The molecule has 1 aromatic carbocycles. The van der Waals surface area contributed by atoms with E-state index in [1.54, 1.807) is 0 Å². The smallest absolute Gasteiger partial charge is 0.263 e. The standard InChI is InChI=1S/C19H28N2O2/c1-13(2)11-15-17(18(22)21-19(3,4)5)23-16(20-15)12-14-9-7-6-8-10-14/h6-10,13,15,17H,11-12H2,1-5H3,(H,21,22)/t15-,17?/m1/s1. The van der Waals surface area contributed by atoms with Crippen LogP contribution in [0.5, 0.6) is 0 Å². The minimum atomic E-state index is -0.518. The zero-order valence-corrected chi connectivity index (χ0v) is 14.8. The van der Waals surface area contributed by atoms with Crippen LogP contribution in [0.2, 0.25) is 0 Å². The Bertz CT molecular complexity index is 558. The van der Waals surface area contributed by atoms with E-state index in [4.69, 9.17) is 4.74 Å². The van der Waals surface area contributed by atoms with Gasteiger partial charge in [0.15, 0.2) is 5.90 Å². The zero-order valence-electron chi connectivity index (χ0n) is 14.8. The number of hydrogen-bond donors (Lipinski definition) is 1. The van der Waals surface area contributed by atoms with E-state index in [9.17, 15) is 4.79 Å². The molecular weight excluding hydrogens is 288 g/mol. The molecule has 4 heteroatoms. The van der Waals surface area contributed by atoms with E-state index >= 15 is 0 Å². The summed E-state index contributed by atoms with van der Waals surface area (Å²) in [5, 5.41) is 3.01. The number of nitrogens with one attached hydrogen (secondary N) is 1. The molecule has 0 aliphatic carbocycles. The van der Waals surface area contributed by atoms with Crippen molar-refractivity contribution in [3.8, 4) is 0 Å². The normalized spacial score (nSPS) is 21.0. The Morgan fingerprint density at radius 2 is 1.91 bits per heavy atom. The molecule has 4 nitrogen and oxygen atoms in total. The molecule has 0 bridgehead atoms. The lowest BCUT2D eigenvalue weighted by atomic mass is 9.98. The number of benzene rings is 1. The largest absolute Gasteiger partial charge is 0.465 e. The van der Waals surface area contributed by atoms with Crippen molar-refractivity contribution in [2.75, 3.05) is 0 Å². The molecule has 0 spiro atoms. The minimum absolute atomic E-state index is 0.0741. The van der Waals surface area contributed by atoms with Crippen molar-refractivity contribution >= 4 is 11.8 Å². The molecule has 2 rings (SSSR count). The molecule has 0 radical (unpaired) electrons.